The van der Waals surface area contributed by atoms with E-state index in [1.807, 2.05) is 25.1 Å². The monoisotopic (exact) mass is 450 g/mol. The number of ether oxygens (including phenoxy) is 3. The highest BCUT2D eigenvalue weighted by Crippen LogP contribution is 2.29. The molecule has 2 aromatic carbocycles. The van der Waals surface area contributed by atoms with Gasteiger partial charge in [-0.2, -0.15) is 5.10 Å². The predicted molar refractivity (Wildman–Crippen MR) is 123 cm³/mol. The molecule has 0 aliphatic heterocycles. The van der Waals surface area contributed by atoms with Gasteiger partial charge in [0.25, 0.3) is 5.91 Å². The number of rotatable bonds is 9. The van der Waals surface area contributed by atoms with E-state index >= 15 is 0 Å². The number of carbonyl (C=O) groups is 2. The molecule has 8 nitrogen and oxygen atoms in total. The average molecular weight is 450 g/mol. The van der Waals surface area contributed by atoms with Gasteiger partial charge in [-0.15, -0.1) is 0 Å². The fourth-order valence-electron chi connectivity index (χ4n) is 2.99. The number of benzene rings is 2. The molecule has 0 saturated heterocycles. The Balaban J connectivity index is 1.57. The number of hydrogen-bond acceptors (Lipinski definition) is 7. The lowest BCUT2D eigenvalue weighted by atomic mass is 10.0. The highest BCUT2D eigenvalue weighted by atomic mass is 16.6. The van der Waals surface area contributed by atoms with Crippen molar-refractivity contribution in [3.05, 3.63) is 77.2 Å². The van der Waals surface area contributed by atoms with Crippen molar-refractivity contribution in [2.75, 3.05) is 13.7 Å². The molecule has 0 saturated carbocycles. The second-order valence-corrected chi connectivity index (χ2v) is 7.55. The normalized spacial score (nSPS) is 10.9. The number of hydrazone groups is 1. The molecule has 3 rings (SSSR count). The van der Waals surface area contributed by atoms with Crippen molar-refractivity contribution >= 4 is 18.1 Å². The van der Waals surface area contributed by atoms with E-state index < -0.39 is 11.9 Å². The SMILES string of the molecule is COc1cc(/C=N/NC(=O)COc2cc(C)ccc2C(C)C)ccc1OC(=O)c1ccco1. The number of nitrogens with zero attached hydrogens (tertiary/aromatic N) is 1. The van der Waals surface area contributed by atoms with E-state index in [4.69, 9.17) is 18.6 Å². The van der Waals surface area contributed by atoms with Gasteiger partial charge in [0.15, 0.2) is 18.1 Å². The molecule has 0 aliphatic rings. The highest BCUT2D eigenvalue weighted by molar-refractivity contribution is 5.89. The van der Waals surface area contributed by atoms with Gasteiger partial charge in [-0.05, 0) is 65.9 Å². The van der Waals surface area contributed by atoms with Gasteiger partial charge in [0.05, 0.1) is 19.6 Å². The van der Waals surface area contributed by atoms with Crippen molar-refractivity contribution in [1.82, 2.24) is 5.43 Å². The fourth-order valence-corrected chi connectivity index (χ4v) is 2.99. The standard InChI is InChI=1S/C25H26N2O6/c1-16(2)19-9-7-17(3)12-22(19)32-15-24(28)27-26-14-18-8-10-20(23(13-18)30-4)33-25(29)21-6-5-11-31-21/h5-14,16H,15H2,1-4H3,(H,27,28)/b26-14+. The first-order valence-electron chi connectivity index (χ1n) is 10.4. The minimum absolute atomic E-state index is 0.0822. The summed E-state index contributed by atoms with van der Waals surface area (Å²) in [5.74, 6) is 0.576. The molecule has 8 heteroatoms. The number of furan rings is 1. The molecule has 0 fully saturated rings. The lowest BCUT2D eigenvalue weighted by molar-refractivity contribution is -0.123. The topological polar surface area (TPSA) is 99.4 Å². The lowest BCUT2D eigenvalue weighted by Crippen LogP contribution is -2.25. The zero-order valence-corrected chi connectivity index (χ0v) is 19.0. The minimum Gasteiger partial charge on any atom is -0.493 e. The maximum atomic E-state index is 12.1. The van der Waals surface area contributed by atoms with Crippen LogP contribution in [0.2, 0.25) is 0 Å². The minimum atomic E-state index is -0.638. The van der Waals surface area contributed by atoms with Crippen LogP contribution in [0.4, 0.5) is 0 Å². The van der Waals surface area contributed by atoms with Crippen LogP contribution in [0.3, 0.4) is 0 Å². The van der Waals surface area contributed by atoms with Gasteiger partial charge in [0.2, 0.25) is 5.76 Å². The van der Waals surface area contributed by atoms with E-state index in [0.29, 0.717) is 17.1 Å². The molecule has 1 heterocycles. The highest BCUT2D eigenvalue weighted by Gasteiger charge is 2.15. The number of hydrogen-bond donors (Lipinski definition) is 1. The Morgan fingerprint density at radius 3 is 2.61 bits per heavy atom. The smallest absolute Gasteiger partial charge is 0.379 e. The van der Waals surface area contributed by atoms with Crippen LogP contribution in [-0.2, 0) is 4.79 Å². The molecule has 1 N–H and O–H groups in total. The molecule has 0 radical (unpaired) electrons. The molecule has 3 aromatic rings. The molecule has 1 aromatic heterocycles. The summed E-state index contributed by atoms with van der Waals surface area (Å²) in [5, 5.41) is 3.95. The van der Waals surface area contributed by atoms with Crippen molar-refractivity contribution in [3.63, 3.8) is 0 Å². The van der Waals surface area contributed by atoms with Crippen molar-refractivity contribution in [2.45, 2.75) is 26.7 Å². The van der Waals surface area contributed by atoms with Crippen LogP contribution in [0, 0.1) is 6.92 Å². The zero-order valence-electron chi connectivity index (χ0n) is 19.0. The summed E-state index contributed by atoms with van der Waals surface area (Å²) >= 11 is 0. The van der Waals surface area contributed by atoms with Crippen LogP contribution in [-0.4, -0.2) is 31.8 Å². The number of aryl methyl sites for hydroxylation is 1. The van der Waals surface area contributed by atoms with Crippen LogP contribution in [0.5, 0.6) is 17.2 Å². The van der Waals surface area contributed by atoms with E-state index in [0.717, 1.165) is 11.1 Å². The van der Waals surface area contributed by atoms with Gasteiger partial charge < -0.3 is 18.6 Å². The van der Waals surface area contributed by atoms with Crippen LogP contribution in [0.25, 0.3) is 0 Å². The third-order valence-corrected chi connectivity index (χ3v) is 4.67. The molecule has 0 spiro atoms. The summed E-state index contributed by atoms with van der Waals surface area (Å²) in [6.45, 7) is 5.95. The van der Waals surface area contributed by atoms with Crippen molar-refractivity contribution < 1.29 is 28.2 Å². The predicted octanol–water partition coefficient (Wildman–Crippen LogP) is 4.47. The number of amides is 1. The molecule has 0 aliphatic carbocycles. The molecular formula is C25H26N2O6. The second-order valence-electron chi connectivity index (χ2n) is 7.55. The Kier molecular flexibility index (Phi) is 7.86. The van der Waals surface area contributed by atoms with Gasteiger partial charge >= 0.3 is 5.97 Å². The molecule has 0 bridgehead atoms. The molecular weight excluding hydrogens is 424 g/mol. The van der Waals surface area contributed by atoms with Gasteiger partial charge in [-0.25, -0.2) is 10.2 Å². The summed E-state index contributed by atoms with van der Waals surface area (Å²) in [6, 6.07) is 13.9. The quantitative estimate of drug-likeness (QED) is 0.224. The van der Waals surface area contributed by atoms with Crippen LogP contribution < -0.4 is 19.6 Å². The lowest BCUT2D eigenvalue weighted by Gasteiger charge is -2.14. The summed E-state index contributed by atoms with van der Waals surface area (Å²) in [7, 11) is 1.45. The Bertz CT molecular complexity index is 1140. The molecule has 33 heavy (non-hydrogen) atoms. The Morgan fingerprint density at radius 2 is 1.91 bits per heavy atom. The van der Waals surface area contributed by atoms with E-state index in [2.05, 4.69) is 24.4 Å². The molecule has 1 amide bonds. The summed E-state index contributed by atoms with van der Waals surface area (Å²) in [4.78, 5) is 24.2. The summed E-state index contributed by atoms with van der Waals surface area (Å²) in [5.41, 5.74) is 5.16. The first kappa shape index (κ1) is 23.6. The molecule has 0 unspecified atom stereocenters. The zero-order chi connectivity index (χ0) is 23.8. The third-order valence-electron chi connectivity index (χ3n) is 4.67. The van der Waals surface area contributed by atoms with Crippen LogP contribution >= 0.6 is 0 Å². The van der Waals surface area contributed by atoms with E-state index in [9.17, 15) is 9.59 Å². The average Bonchev–Trinajstić information content (AvgIpc) is 3.33. The van der Waals surface area contributed by atoms with Gasteiger partial charge in [-0.1, -0.05) is 26.0 Å². The Labute approximate surface area is 192 Å². The number of nitrogens with one attached hydrogen (secondary N) is 1. The van der Waals surface area contributed by atoms with Gasteiger partial charge in [0.1, 0.15) is 5.75 Å². The van der Waals surface area contributed by atoms with Gasteiger partial charge in [0, 0.05) is 0 Å². The van der Waals surface area contributed by atoms with Crippen LogP contribution in [0.1, 0.15) is 47.0 Å². The Morgan fingerprint density at radius 1 is 1.09 bits per heavy atom. The molecule has 172 valence electrons. The van der Waals surface area contributed by atoms with Gasteiger partial charge in [-0.3, -0.25) is 4.79 Å². The van der Waals surface area contributed by atoms with E-state index in [-0.39, 0.29) is 24.0 Å². The van der Waals surface area contributed by atoms with Crippen molar-refractivity contribution in [2.24, 2.45) is 5.10 Å². The van der Waals surface area contributed by atoms with E-state index in [1.54, 1.807) is 24.3 Å². The van der Waals surface area contributed by atoms with Crippen molar-refractivity contribution in [1.29, 1.82) is 0 Å². The summed E-state index contributed by atoms with van der Waals surface area (Å²) in [6.07, 6.45) is 2.83. The largest absolute Gasteiger partial charge is 0.493 e. The Hall–Kier alpha value is -4.07. The maximum Gasteiger partial charge on any atom is 0.379 e. The fraction of sp³-hybridized carbons (Fsp3) is 0.240. The van der Waals surface area contributed by atoms with Crippen molar-refractivity contribution in [3.8, 4) is 17.2 Å². The molecule has 0 atom stereocenters. The number of esters is 1. The first-order valence-corrected chi connectivity index (χ1v) is 10.4. The summed E-state index contributed by atoms with van der Waals surface area (Å²) < 4.78 is 21.3. The number of carbonyl (C=O) groups excluding carboxylic acids is 2. The third kappa shape index (κ3) is 6.46. The second kappa shape index (κ2) is 11.0. The van der Waals surface area contributed by atoms with Crippen LogP contribution in [0.15, 0.2) is 64.3 Å². The number of methoxy groups -OCH3 is 1. The first-order chi connectivity index (χ1) is 15.9. The maximum absolute atomic E-state index is 12.1. The van der Waals surface area contributed by atoms with E-state index in [1.165, 1.54) is 25.7 Å².